The molecular formula is C18H24N4O4. The van der Waals surface area contributed by atoms with Crippen molar-refractivity contribution in [1.29, 1.82) is 0 Å². The highest BCUT2D eigenvalue weighted by Crippen LogP contribution is 2.30. The number of benzene rings is 1. The Morgan fingerprint density at radius 1 is 1.00 bits per heavy atom. The minimum atomic E-state index is -1.04. The third-order valence-corrected chi connectivity index (χ3v) is 3.90. The maximum atomic E-state index is 11.3. The van der Waals surface area contributed by atoms with Crippen LogP contribution in [0.2, 0.25) is 0 Å². The molecule has 0 fully saturated rings. The lowest BCUT2D eigenvalue weighted by atomic mass is 9.96. The second-order valence-corrected chi connectivity index (χ2v) is 5.71. The van der Waals surface area contributed by atoms with Gasteiger partial charge < -0.3 is 9.47 Å². The number of nitrogens with one attached hydrogen (secondary N) is 2. The van der Waals surface area contributed by atoms with Crippen molar-refractivity contribution in [3.05, 3.63) is 54.1 Å². The van der Waals surface area contributed by atoms with Gasteiger partial charge >= 0.3 is 0 Å². The fourth-order valence-electron chi connectivity index (χ4n) is 2.48. The van der Waals surface area contributed by atoms with Gasteiger partial charge in [-0.1, -0.05) is 42.5 Å². The molecule has 0 unspecified atom stereocenters. The molecule has 1 aromatic rings. The van der Waals surface area contributed by atoms with E-state index in [-0.39, 0.29) is 37.9 Å². The number of nitrogens with two attached hydrogens (primary N) is 2. The Bertz CT molecular complexity index is 651. The van der Waals surface area contributed by atoms with Gasteiger partial charge in [0, 0.05) is 6.42 Å². The van der Waals surface area contributed by atoms with Crippen LogP contribution in [0, 0.1) is 0 Å². The Kier molecular flexibility index (Phi) is 7.49. The molecule has 26 heavy (non-hydrogen) atoms. The van der Waals surface area contributed by atoms with E-state index in [9.17, 15) is 9.59 Å². The molecule has 0 radical (unpaired) electrons. The minimum absolute atomic E-state index is 0.105. The molecular weight excluding hydrogens is 336 g/mol. The van der Waals surface area contributed by atoms with E-state index in [0.29, 0.717) is 6.42 Å². The Morgan fingerprint density at radius 2 is 1.58 bits per heavy atom. The summed E-state index contributed by atoms with van der Waals surface area (Å²) in [6, 6.07) is 9.92. The van der Waals surface area contributed by atoms with E-state index in [0.717, 1.165) is 11.1 Å². The van der Waals surface area contributed by atoms with Crippen molar-refractivity contribution < 1.29 is 19.1 Å². The number of hydrazine groups is 2. The van der Waals surface area contributed by atoms with Crippen molar-refractivity contribution >= 4 is 17.4 Å². The van der Waals surface area contributed by atoms with Crippen molar-refractivity contribution in [3.63, 3.8) is 0 Å². The van der Waals surface area contributed by atoms with E-state index < -0.39 is 5.79 Å². The average molecular weight is 360 g/mol. The lowest BCUT2D eigenvalue weighted by Gasteiger charge is -2.32. The van der Waals surface area contributed by atoms with Crippen molar-refractivity contribution in [2.45, 2.75) is 25.0 Å². The number of hydrogen-bond acceptors (Lipinski definition) is 6. The molecule has 0 bridgehead atoms. The SMILES string of the molecule is NNC(=O)CCOC1(OCCC(=O)NN)C=CC(c2ccccc2)=CC1. The highest BCUT2D eigenvalue weighted by molar-refractivity contribution is 5.76. The summed E-state index contributed by atoms with van der Waals surface area (Å²) in [5, 5.41) is 0. The van der Waals surface area contributed by atoms with Crippen molar-refractivity contribution in [3.8, 4) is 0 Å². The summed E-state index contributed by atoms with van der Waals surface area (Å²) in [4.78, 5) is 22.6. The largest absolute Gasteiger partial charge is 0.346 e. The summed E-state index contributed by atoms with van der Waals surface area (Å²) < 4.78 is 11.6. The molecule has 6 N–H and O–H groups in total. The second kappa shape index (κ2) is 9.83. The first-order valence-corrected chi connectivity index (χ1v) is 8.30. The zero-order valence-corrected chi connectivity index (χ0v) is 14.4. The summed E-state index contributed by atoms with van der Waals surface area (Å²) >= 11 is 0. The predicted octanol–water partition coefficient (Wildman–Crippen LogP) is 0.519. The zero-order valence-electron chi connectivity index (χ0n) is 14.4. The topological polar surface area (TPSA) is 129 Å². The first kappa shape index (κ1) is 19.8. The van der Waals surface area contributed by atoms with Gasteiger partial charge in [-0.05, 0) is 17.2 Å². The monoisotopic (exact) mass is 360 g/mol. The molecule has 8 heteroatoms. The molecule has 0 aromatic heterocycles. The Balaban J connectivity index is 2.02. The van der Waals surface area contributed by atoms with E-state index in [2.05, 4.69) is 10.9 Å². The highest BCUT2D eigenvalue weighted by Gasteiger charge is 2.31. The first-order chi connectivity index (χ1) is 12.6. The molecule has 0 heterocycles. The van der Waals surface area contributed by atoms with Gasteiger partial charge in [-0.25, -0.2) is 11.7 Å². The van der Waals surface area contributed by atoms with Crippen LogP contribution in [-0.2, 0) is 19.1 Å². The van der Waals surface area contributed by atoms with Gasteiger partial charge in [0.05, 0.1) is 26.1 Å². The van der Waals surface area contributed by atoms with Crippen LogP contribution in [0.4, 0.5) is 0 Å². The van der Waals surface area contributed by atoms with Crippen LogP contribution in [0.3, 0.4) is 0 Å². The van der Waals surface area contributed by atoms with E-state index in [1.54, 1.807) is 6.08 Å². The number of hydrogen-bond donors (Lipinski definition) is 4. The third kappa shape index (κ3) is 5.78. The fourth-order valence-corrected chi connectivity index (χ4v) is 2.48. The summed E-state index contributed by atoms with van der Waals surface area (Å²) in [6.07, 6.45) is 6.37. The van der Waals surface area contributed by atoms with E-state index in [1.807, 2.05) is 42.5 Å². The van der Waals surface area contributed by atoms with Gasteiger partial charge in [0.2, 0.25) is 11.8 Å². The second-order valence-electron chi connectivity index (χ2n) is 5.71. The molecule has 140 valence electrons. The smallest absolute Gasteiger partial charge is 0.236 e. The lowest BCUT2D eigenvalue weighted by Crippen LogP contribution is -2.38. The normalized spacial score (nSPS) is 15.2. The molecule has 0 atom stereocenters. The highest BCUT2D eigenvalue weighted by atomic mass is 16.7. The Hall–Kier alpha value is -2.52. The predicted molar refractivity (Wildman–Crippen MR) is 96.7 cm³/mol. The quantitative estimate of drug-likeness (QED) is 0.220. The van der Waals surface area contributed by atoms with Crippen LogP contribution in [0.1, 0.15) is 24.8 Å². The van der Waals surface area contributed by atoms with Crippen LogP contribution >= 0.6 is 0 Å². The Labute approximate surface area is 152 Å². The summed E-state index contributed by atoms with van der Waals surface area (Å²) in [6.45, 7) is 0.260. The molecule has 0 saturated carbocycles. The maximum Gasteiger partial charge on any atom is 0.236 e. The maximum absolute atomic E-state index is 11.3. The van der Waals surface area contributed by atoms with Crippen molar-refractivity contribution in [2.24, 2.45) is 11.7 Å². The van der Waals surface area contributed by atoms with Gasteiger partial charge in [0.25, 0.3) is 0 Å². The molecule has 8 nitrogen and oxygen atoms in total. The van der Waals surface area contributed by atoms with Gasteiger partial charge in [-0.15, -0.1) is 0 Å². The summed E-state index contributed by atoms with van der Waals surface area (Å²) in [5.74, 6) is 8.44. The molecule has 1 aromatic carbocycles. The van der Waals surface area contributed by atoms with Crippen molar-refractivity contribution in [1.82, 2.24) is 10.9 Å². The molecule has 0 aliphatic heterocycles. The molecule has 0 saturated heterocycles. The number of rotatable bonds is 9. The molecule has 2 rings (SSSR count). The van der Waals surface area contributed by atoms with Crippen LogP contribution < -0.4 is 22.5 Å². The molecule has 0 spiro atoms. The van der Waals surface area contributed by atoms with Gasteiger partial charge in [0.15, 0.2) is 5.79 Å². The van der Waals surface area contributed by atoms with Gasteiger partial charge in [0.1, 0.15) is 0 Å². The molecule has 2 amide bonds. The first-order valence-electron chi connectivity index (χ1n) is 8.30. The number of ether oxygens (including phenoxy) is 2. The van der Waals surface area contributed by atoms with Crippen LogP contribution in [0.25, 0.3) is 5.57 Å². The number of carbonyl (C=O) groups is 2. The van der Waals surface area contributed by atoms with Crippen LogP contribution in [-0.4, -0.2) is 30.8 Å². The Morgan fingerprint density at radius 3 is 2.04 bits per heavy atom. The number of amides is 2. The molecule has 1 aliphatic carbocycles. The summed E-state index contributed by atoms with van der Waals surface area (Å²) in [7, 11) is 0. The van der Waals surface area contributed by atoms with Crippen LogP contribution in [0.15, 0.2) is 48.6 Å². The fraction of sp³-hybridized carbons (Fsp3) is 0.333. The van der Waals surface area contributed by atoms with E-state index in [4.69, 9.17) is 21.2 Å². The minimum Gasteiger partial charge on any atom is -0.346 e. The zero-order chi connectivity index (χ0) is 18.8. The standard InChI is InChI=1S/C18H24N4O4/c19-21-16(23)8-12-25-18(26-13-9-17(24)22-20)10-6-15(7-11-18)14-4-2-1-3-5-14/h1-7,10H,8-9,11-13,19-20H2,(H,21,23)(H,22,24). The van der Waals surface area contributed by atoms with E-state index >= 15 is 0 Å². The average Bonchev–Trinajstić information content (AvgIpc) is 2.69. The summed E-state index contributed by atoms with van der Waals surface area (Å²) in [5.41, 5.74) is 6.24. The third-order valence-electron chi connectivity index (χ3n) is 3.90. The number of allylic oxidation sites excluding steroid dienone is 2. The van der Waals surface area contributed by atoms with Gasteiger partial charge in [-0.2, -0.15) is 0 Å². The number of carbonyl (C=O) groups excluding carboxylic acids is 2. The lowest BCUT2D eigenvalue weighted by molar-refractivity contribution is -0.203. The molecule has 1 aliphatic rings. The van der Waals surface area contributed by atoms with Gasteiger partial charge in [-0.3, -0.25) is 20.4 Å². The van der Waals surface area contributed by atoms with E-state index in [1.165, 1.54) is 0 Å². The van der Waals surface area contributed by atoms with Crippen molar-refractivity contribution in [2.75, 3.05) is 13.2 Å². The van der Waals surface area contributed by atoms with Crippen LogP contribution in [0.5, 0.6) is 0 Å².